The highest BCUT2D eigenvalue weighted by Gasteiger charge is 2.40. The minimum absolute atomic E-state index is 0.0247. The monoisotopic (exact) mass is 297 g/mol. The topological polar surface area (TPSA) is 90.4 Å². The molecule has 0 heterocycles. The number of alkyl halides is 4. The van der Waals surface area contributed by atoms with Crippen molar-refractivity contribution in [1.29, 1.82) is 0 Å². The number of hydrogen-bond donors (Lipinski definition) is 2. The highest BCUT2D eigenvalue weighted by molar-refractivity contribution is 5.61. The predicted molar refractivity (Wildman–Crippen MR) is 61.5 cm³/mol. The van der Waals surface area contributed by atoms with Gasteiger partial charge in [0.25, 0.3) is 5.69 Å². The second-order valence-electron chi connectivity index (χ2n) is 3.81. The number of hydrazine groups is 1. The first-order valence-electron chi connectivity index (χ1n) is 5.25. The predicted octanol–water partition coefficient (Wildman–Crippen LogP) is 2.30. The zero-order chi connectivity index (χ0) is 15.3. The Bertz CT molecular complexity index is 485. The van der Waals surface area contributed by atoms with E-state index in [4.69, 9.17) is 5.84 Å². The van der Waals surface area contributed by atoms with Gasteiger partial charge in [0, 0.05) is 6.07 Å². The fourth-order valence-electron chi connectivity index (χ4n) is 1.31. The van der Waals surface area contributed by atoms with Crippen LogP contribution >= 0.6 is 0 Å². The van der Waals surface area contributed by atoms with E-state index in [-0.39, 0.29) is 16.9 Å². The van der Waals surface area contributed by atoms with Crippen LogP contribution in [0.25, 0.3) is 0 Å². The van der Waals surface area contributed by atoms with Gasteiger partial charge in [0.2, 0.25) is 0 Å². The van der Waals surface area contributed by atoms with Crippen molar-refractivity contribution >= 4 is 11.4 Å². The number of nitrogens with two attached hydrogens (primary N) is 1. The number of nitrogens with one attached hydrogen (secondary N) is 1. The van der Waals surface area contributed by atoms with Gasteiger partial charge in [0.1, 0.15) is 12.3 Å². The first-order valence-corrected chi connectivity index (χ1v) is 5.25. The zero-order valence-corrected chi connectivity index (χ0v) is 9.98. The summed E-state index contributed by atoms with van der Waals surface area (Å²) in [5.74, 6) is 0.802. The molecule has 0 aliphatic heterocycles. The molecule has 0 aliphatic rings. The van der Waals surface area contributed by atoms with Gasteiger partial charge in [-0.05, 0) is 11.6 Å². The Morgan fingerprint density at radius 3 is 2.60 bits per heavy atom. The molecule has 6 nitrogen and oxygen atoms in total. The molecule has 112 valence electrons. The summed E-state index contributed by atoms with van der Waals surface area (Å²) in [6, 6.07) is 3.64. The quantitative estimate of drug-likeness (QED) is 0.349. The van der Waals surface area contributed by atoms with Crippen molar-refractivity contribution in [2.45, 2.75) is 19.0 Å². The van der Waals surface area contributed by atoms with E-state index >= 15 is 0 Å². The van der Waals surface area contributed by atoms with Crippen molar-refractivity contribution in [2.75, 3.05) is 12.0 Å². The second-order valence-corrected chi connectivity index (χ2v) is 3.81. The fourth-order valence-corrected chi connectivity index (χ4v) is 1.31. The van der Waals surface area contributed by atoms with Crippen LogP contribution in [-0.4, -0.2) is 23.9 Å². The Kier molecular flexibility index (Phi) is 5.22. The molecule has 0 fully saturated rings. The fraction of sp³-hybridized carbons (Fsp3) is 0.400. The highest BCUT2D eigenvalue weighted by atomic mass is 19.3. The van der Waals surface area contributed by atoms with Crippen molar-refractivity contribution < 1.29 is 27.2 Å². The second kappa shape index (κ2) is 6.48. The van der Waals surface area contributed by atoms with Gasteiger partial charge >= 0.3 is 12.3 Å². The van der Waals surface area contributed by atoms with Crippen molar-refractivity contribution in [2.24, 2.45) is 5.84 Å². The lowest BCUT2D eigenvalue weighted by Crippen LogP contribution is -2.32. The number of rotatable bonds is 7. The minimum Gasteiger partial charge on any atom is -0.370 e. The Morgan fingerprint density at radius 2 is 2.10 bits per heavy atom. The molecule has 0 atom stereocenters. The number of nitro groups is 1. The molecule has 0 bridgehead atoms. The summed E-state index contributed by atoms with van der Waals surface area (Å²) in [5.41, 5.74) is 1.92. The van der Waals surface area contributed by atoms with Gasteiger partial charge in [-0.2, -0.15) is 8.78 Å². The van der Waals surface area contributed by atoms with Gasteiger partial charge < -0.3 is 10.2 Å². The molecular weight excluding hydrogens is 286 g/mol. The minimum atomic E-state index is -4.26. The Labute approximate surface area is 110 Å². The summed E-state index contributed by atoms with van der Waals surface area (Å²) in [7, 11) is 0. The molecule has 0 radical (unpaired) electrons. The number of anilines is 1. The van der Waals surface area contributed by atoms with Crippen molar-refractivity contribution in [1.82, 2.24) is 0 Å². The molecule has 0 aromatic heterocycles. The first kappa shape index (κ1) is 16.1. The molecule has 0 unspecified atom stereocenters. The third-order valence-corrected chi connectivity index (χ3v) is 2.30. The molecule has 0 amide bonds. The average Bonchev–Trinajstić information content (AvgIpc) is 2.38. The van der Waals surface area contributed by atoms with E-state index in [1.807, 2.05) is 0 Å². The Morgan fingerprint density at radius 1 is 1.45 bits per heavy atom. The molecule has 3 N–H and O–H groups in total. The third-order valence-electron chi connectivity index (χ3n) is 2.30. The average molecular weight is 297 g/mol. The summed E-state index contributed by atoms with van der Waals surface area (Å²) < 4.78 is 53.3. The van der Waals surface area contributed by atoms with Gasteiger partial charge in [-0.1, -0.05) is 6.07 Å². The molecule has 0 saturated heterocycles. The summed E-state index contributed by atoms with van der Waals surface area (Å²) in [6.45, 7) is -1.94. The molecule has 1 aromatic carbocycles. The molecule has 10 heteroatoms. The summed E-state index contributed by atoms with van der Waals surface area (Å²) in [5, 5.41) is 10.7. The van der Waals surface area contributed by atoms with Crippen LogP contribution in [-0.2, 0) is 11.3 Å². The number of nitro benzene ring substituents is 1. The van der Waals surface area contributed by atoms with Crippen LogP contribution in [0.5, 0.6) is 0 Å². The van der Waals surface area contributed by atoms with E-state index < -0.39 is 30.5 Å². The van der Waals surface area contributed by atoms with Gasteiger partial charge in [0.15, 0.2) is 0 Å². The van der Waals surface area contributed by atoms with Crippen LogP contribution in [0.4, 0.5) is 28.9 Å². The van der Waals surface area contributed by atoms with Gasteiger partial charge in [-0.3, -0.25) is 16.0 Å². The van der Waals surface area contributed by atoms with Crippen molar-refractivity contribution in [3.63, 3.8) is 0 Å². The normalized spacial score (nSPS) is 11.7. The van der Waals surface area contributed by atoms with Gasteiger partial charge in [-0.15, -0.1) is 0 Å². The van der Waals surface area contributed by atoms with E-state index in [0.29, 0.717) is 0 Å². The van der Waals surface area contributed by atoms with E-state index in [2.05, 4.69) is 10.2 Å². The Balaban J connectivity index is 2.70. The summed E-state index contributed by atoms with van der Waals surface area (Å²) >= 11 is 0. The SMILES string of the molecule is NNc1ccc(COCC(F)(F)C(F)F)cc1[N+](=O)[O-]. The molecule has 1 rings (SSSR count). The smallest absolute Gasteiger partial charge is 0.330 e. The van der Waals surface area contributed by atoms with Crippen LogP contribution in [0, 0.1) is 10.1 Å². The van der Waals surface area contributed by atoms with Crippen LogP contribution in [0.1, 0.15) is 5.56 Å². The Hall–Kier alpha value is -1.94. The zero-order valence-electron chi connectivity index (χ0n) is 9.98. The number of ether oxygens (including phenoxy) is 1. The number of nitrogen functional groups attached to an aromatic ring is 1. The van der Waals surface area contributed by atoms with Crippen molar-refractivity contribution in [3.8, 4) is 0 Å². The van der Waals surface area contributed by atoms with Crippen LogP contribution < -0.4 is 11.3 Å². The van der Waals surface area contributed by atoms with Gasteiger partial charge in [-0.25, -0.2) is 8.78 Å². The maximum Gasteiger partial charge on any atom is 0.330 e. The van der Waals surface area contributed by atoms with Crippen LogP contribution in [0.2, 0.25) is 0 Å². The van der Waals surface area contributed by atoms with Gasteiger partial charge in [0.05, 0.1) is 11.5 Å². The van der Waals surface area contributed by atoms with Crippen LogP contribution in [0.3, 0.4) is 0 Å². The van der Waals surface area contributed by atoms with E-state index in [0.717, 1.165) is 6.07 Å². The lowest BCUT2D eigenvalue weighted by molar-refractivity contribution is -0.384. The number of benzene rings is 1. The van der Waals surface area contributed by atoms with Crippen LogP contribution in [0.15, 0.2) is 18.2 Å². The molecule has 0 spiro atoms. The molecular formula is C10H11F4N3O3. The van der Waals surface area contributed by atoms with E-state index in [9.17, 15) is 27.7 Å². The lowest BCUT2D eigenvalue weighted by atomic mass is 10.2. The molecule has 0 saturated carbocycles. The summed E-state index contributed by atoms with van der Waals surface area (Å²) in [6.07, 6.45) is -3.83. The standard InChI is InChI=1S/C10H11F4N3O3/c11-9(12)10(13,14)5-20-4-6-1-2-7(16-15)8(3-6)17(18)19/h1-3,9,16H,4-5,15H2. The molecule has 1 aromatic rings. The highest BCUT2D eigenvalue weighted by Crippen LogP contribution is 2.26. The summed E-state index contributed by atoms with van der Waals surface area (Å²) in [4.78, 5) is 9.98. The number of nitrogens with zero attached hydrogens (tertiary/aromatic N) is 1. The maximum absolute atomic E-state index is 12.6. The van der Waals surface area contributed by atoms with E-state index in [1.54, 1.807) is 0 Å². The largest absolute Gasteiger partial charge is 0.370 e. The first-order chi connectivity index (χ1) is 9.27. The maximum atomic E-state index is 12.6. The number of halogens is 4. The molecule has 0 aliphatic carbocycles. The number of hydrogen-bond acceptors (Lipinski definition) is 5. The third kappa shape index (κ3) is 4.03. The van der Waals surface area contributed by atoms with E-state index in [1.165, 1.54) is 12.1 Å². The molecule has 20 heavy (non-hydrogen) atoms. The lowest BCUT2D eigenvalue weighted by Gasteiger charge is -2.15. The van der Waals surface area contributed by atoms with Crippen molar-refractivity contribution in [3.05, 3.63) is 33.9 Å².